The minimum Gasteiger partial charge on any atom is -0.494 e. The molecule has 0 saturated carbocycles. The molecule has 11 heteroatoms. The number of rotatable bonds is 8. The molecule has 5 aromatic rings. The van der Waals surface area contributed by atoms with Gasteiger partial charge in [0.15, 0.2) is 17.2 Å². The third-order valence-electron chi connectivity index (χ3n) is 5.60. The molecule has 3 heterocycles. The van der Waals surface area contributed by atoms with Gasteiger partial charge in [0.2, 0.25) is 5.82 Å². The highest BCUT2D eigenvalue weighted by atomic mass is 35.5. The second-order valence-electron chi connectivity index (χ2n) is 7.99. The SMILES string of the molecule is COc1ccc(Cl)c(CNc2nc(C#N)nc3nn(Cc4ccc(Cn5cccn5)cc4)cc23)c1F. The van der Waals surface area contributed by atoms with Gasteiger partial charge in [-0.15, -0.1) is 0 Å². The van der Waals surface area contributed by atoms with Crippen LogP contribution < -0.4 is 10.1 Å². The molecule has 0 radical (unpaired) electrons. The zero-order valence-electron chi connectivity index (χ0n) is 19.2. The molecule has 0 aliphatic heterocycles. The minimum atomic E-state index is -0.560. The zero-order chi connectivity index (χ0) is 25.1. The van der Waals surface area contributed by atoms with E-state index in [-0.39, 0.29) is 28.7 Å². The van der Waals surface area contributed by atoms with Gasteiger partial charge < -0.3 is 10.1 Å². The molecule has 180 valence electrons. The van der Waals surface area contributed by atoms with Gasteiger partial charge in [-0.2, -0.15) is 20.4 Å². The summed E-state index contributed by atoms with van der Waals surface area (Å²) in [5.74, 6) is -0.161. The number of halogens is 2. The number of anilines is 1. The van der Waals surface area contributed by atoms with Crippen molar-refractivity contribution in [3.63, 3.8) is 0 Å². The number of aromatic nitrogens is 6. The van der Waals surface area contributed by atoms with Crippen molar-refractivity contribution in [2.24, 2.45) is 0 Å². The highest BCUT2D eigenvalue weighted by Crippen LogP contribution is 2.28. The van der Waals surface area contributed by atoms with Crippen molar-refractivity contribution in [1.82, 2.24) is 29.5 Å². The quantitative estimate of drug-likeness (QED) is 0.335. The lowest BCUT2D eigenvalue weighted by atomic mass is 10.1. The summed E-state index contributed by atoms with van der Waals surface area (Å²) < 4.78 is 23.4. The predicted octanol–water partition coefficient (Wildman–Crippen LogP) is 4.40. The maximum absolute atomic E-state index is 14.7. The molecular weight excluding hydrogens is 483 g/mol. The first kappa shape index (κ1) is 23.3. The average molecular weight is 503 g/mol. The number of methoxy groups -OCH3 is 1. The van der Waals surface area contributed by atoms with E-state index in [1.165, 1.54) is 13.2 Å². The van der Waals surface area contributed by atoms with Crippen molar-refractivity contribution in [1.29, 1.82) is 5.26 Å². The summed E-state index contributed by atoms with van der Waals surface area (Å²) in [6.45, 7) is 1.22. The zero-order valence-corrected chi connectivity index (χ0v) is 19.9. The maximum atomic E-state index is 14.7. The Labute approximate surface area is 210 Å². The molecule has 0 aliphatic carbocycles. The van der Waals surface area contributed by atoms with Crippen LogP contribution in [0.1, 0.15) is 22.5 Å². The molecule has 0 aliphatic rings. The largest absolute Gasteiger partial charge is 0.494 e. The van der Waals surface area contributed by atoms with Gasteiger partial charge >= 0.3 is 0 Å². The molecule has 3 aromatic heterocycles. The maximum Gasteiger partial charge on any atom is 0.236 e. The number of nitrogens with one attached hydrogen (secondary N) is 1. The smallest absolute Gasteiger partial charge is 0.236 e. The van der Waals surface area contributed by atoms with E-state index in [1.54, 1.807) is 23.1 Å². The van der Waals surface area contributed by atoms with Crippen LogP contribution in [0.3, 0.4) is 0 Å². The number of hydrogen-bond acceptors (Lipinski definition) is 7. The van der Waals surface area contributed by atoms with Gasteiger partial charge in [-0.25, -0.2) is 9.37 Å². The Balaban J connectivity index is 1.38. The first-order chi connectivity index (χ1) is 17.5. The third kappa shape index (κ3) is 4.82. The lowest BCUT2D eigenvalue weighted by Crippen LogP contribution is -2.07. The topological polar surface area (TPSA) is 106 Å². The van der Waals surface area contributed by atoms with Crippen LogP contribution >= 0.6 is 11.6 Å². The Morgan fingerprint density at radius 2 is 1.83 bits per heavy atom. The van der Waals surface area contributed by atoms with Gasteiger partial charge in [0.05, 0.1) is 25.6 Å². The van der Waals surface area contributed by atoms with Crippen LogP contribution in [0.5, 0.6) is 5.75 Å². The van der Waals surface area contributed by atoms with E-state index in [9.17, 15) is 9.65 Å². The Hall–Kier alpha value is -4.49. The molecule has 2 aromatic carbocycles. The van der Waals surface area contributed by atoms with Gasteiger partial charge in [0.25, 0.3) is 0 Å². The van der Waals surface area contributed by atoms with Crippen LogP contribution in [0.25, 0.3) is 11.0 Å². The van der Waals surface area contributed by atoms with Crippen molar-refractivity contribution in [2.75, 3.05) is 12.4 Å². The fraction of sp³-hybridized carbons (Fsp3) is 0.160. The molecule has 0 fully saturated rings. The standard InChI is InChI=1S/C25H20ClFN8O/c1-36-21-8-7-20(26)18(23(21)27)12-29-24-19-15-35(33-25(19)32-22(11-28)31-24)14-17-5-3-16(4-6-17)13-34-10-2-9-30-34/h2-10,15H,12-14H2,1H3,(H,29,31,32,33). The van der Waals surface area contributed by atoms with Crippen LogP contribution in [-0.2, 0) is 19.6 Å². The van der Waals surface area contributed by atoms with E-state index in [0.29, 0.717) is 29.9 Å². The Morgan fingerprint density at radius 3 is 2.50 bits per heavy atom. The van der Waals surface area contributed by atoms with Gasteiger partial charge in [-0.3, -0.25) is 9.36 Å². The Morgan fingerprint density at radius 1 is 1.08 bits per heavy atom. The van der Waals surface area contributed by atoms with E-state index in [4.69, 9.17) is 16.3 Å². The van der Waals surface area contributed by atoms with E-state index in [1.807, 2.05) is 47.3 Å². The summed E-state index contributed by atoms with van der Waals surface area (Å²) in [4.78, 5) is 8.48. The first-order valence-corrected chi connectivity index (χ1v) is 11.4. The van der Waals surface area contributed by atoms with Crippen molar-refractivity contribution < 1.29 is 9.13 Å². The summed E-state index contributed by atoms with van der Waals surface area (Å²) in [5, 5.41) is 22.1. The number of nitriles is 1. The highest BCUT2D eigenvalue weighted by Gasteiger charge is 2.16. The summed E-state index contributed by atoms with van der Waals surface area (Å²) in [5.41, 5.74) is 2.76. The van der Waals surface area contributed by atoms with Gasteiger partial charge in [-0.05, 0) is 29.3 Å². The number of benzene rings is 2. The molecular formula is C25H20ClFN8O. The van der Waals surface area contributed by atoms with Crippen molar-refractivity contribution in [3.8, 4) is 11.8 Å². The second-order valence-corrected chi connectivity index (χ2v) is 8.39. The molecule has 0 spiro atoms. The fourth-order valence-electron chi connectivity index (χ4n) is 3.80. The van der Waals surface area contributed by atoms with Crippen molar-refractivity contribution in [2.45, 2.75) is 19.6 Å². The van der Waals surface area contributed by atoms with E-state index >= 15 is 0 Å². The first-order valence-electron chi connectivity index (χ1n) is 11.0. The number of ether oxygens (including phenoxy) is 1. The molecule has 0 amide bonds. The molecule has 1 N–H and O–H groups in total. The molecule has 0 saturated heterocycles. The van der Waals surface area contributed by atoms with Crippen LogP contribution in [0.2, 0.25) is 5.02 Å². The van der Waals surface area contributed by atoms with Crippen molar-refractivity contribution in [3.05, 3.63) is 94.4 Å². The van der Waals surface area contributed by atoms with Crippen molar-refractivity contribution >= 4 is 28.5 Å². The summed E-state index contributed by atoms with van der Waals surface area (Å²) in [6.07, 6.45) is 5.46. The Kier molecular flexibility index (Phi) is 6.47. The predicted molar refractivity (Wildman–Crippen MR) is 132 cm³/mol. The second kappa shape index (κ2) is 10.0. The average Bonchev–Trinajstić information content (AvgIpc) is 3.54. The molecule has 9 nitrogen and oxygen atoms in total. The van der Waals surface area contributed by atoms with E-state index in [0.717, 1.165) is 11.1 Å². The Bertz CT molecular complexity index is 1560. The normalized spacial score (nSPS) is 10.9. The molecule has 0 atom stereocenters. The third-order valence-corrected chi connectivity index (χ3v) is 5.96. The fourth-order valence-corrected chi connectivity index (χ4v) is 4.02. The molecule has 0 bridgehead atoms. The van der Waals surface area contributed by atoms with E-state index in [2.05, 4.69) is 25.5 Å². The minimum absolute atomic E-state index is 0.0295. The van der Waals surface area contributed by atoms with Gasteiger partial charge in [0, 0.05) is 35.7 Å². The van der Waals surface area contributed by atoms with Gasteiger partial charge in [-0.1, -0.05) is 35.9 Å². The molecule has 0 unspecified atom stereocenters. The summed E-state index contributed by atoms with van der Waals surface area (Å²) in [6, 6.07) is 15.0. The summed E-state index contributed by atoms with van der Waals surface area (Å²) in [7, 11) is 1.39. The van der Waals surface area contributed by atoms with Gasteiger partial charge in [0.1, 0.15) is 11.9 Å². The monoisotopic (exact) mass is 502 g/mol. The highest BCUT2D eigenvalue weighted by molar-refractivity contribution is 6.31. The lowest BCUT2D eigenvalue weighted by Gasteiger charge is -2.11. The lowest BCUT2D eigenvalue weighted by molar-refractivity contribution is 0.384. The van der Waals surface area contributed by atoms with Crippen LogP contribution in [0.15, 0.2) is 61.1 Å². The van der Waals surface area contributed by atoms with E-state index < -0.39 is 5.82 Å². The van der Waals surface area contributed by atoms with Crippen LogP contribution in [-0.4, -0.2) is 36.6 Å². The molecule has 5 rings (SSSR count). The molecule has 36 heavy (non-hydrogen) atoms. The van der Waals surface area contributed by atoms with Crippen LogP contribution in [0.4, 0.5) is 10.2 Å². The van der Waals surface area contributed by atoms with Crippen LogP contribution in [0, 0.1) is 17.1 Å². The number of hydrogen-bond donors (Lipinski definition) is 1. The number of fused-ring (bicyclic) bond motifs is 1. The number of nitrogens with zero attached hydrogens (tertiary/aromatic N) is 7. The summed E-state index contributed by atoms with van der Waals surface area (Å²) >= 11 is 6.20.